The van der Waals surface area contributed by atoms with Crippen LogP contribution in [0.25, 0.3) is 0 Å². The molecule has 1 aliphatic carbocycles. The summed E-state index contributed by atoms with van der Waals surface area (Å²) < 4.78 is 5.22. The summed E-state index contributed by atoms with van der Waals surface area (Å²) in [6, 6.07) is 0.396. The number of ether oxygens (including phenoxy) is 1. The van der Waals surface area contributed by atoms with E-state index in [4.69, 9.17) is 10.5 Å². The minimum atomic E-state index is 0.331. The van der Waals surface area contributed by atoms with Crippen molar-refractivity contribution in [1.29, 1.82) is 0 Å². The van der Waals surface area contributed by atoms with Crippen LogP contribution in [-0.2, 0) is 4.74 Å². The quantitative estimate of drug-likeness (QED) is 0.542. The zero-order valence-electron chi connectivity index (χ0n) is 12.2. The summed E-state index contributed by atoms with van der Waals surface area (Å²) in [4.78, 5) is 4.55. The molecular formula is C14H29N3O. The Labute approximate surface area is 111 Å². The normalized spacial score (nSPS) is 20.9. The van der Waals surface area contributed by atoms with Gasteiger partial charge < -0.3 is 15.8 Å². The average molecular weight is 255 g/mol. The maximum absolute atomic E-state index is 5.92. The molecule has 1 fully saturated rings. The number of nitrogens with one attached hydrogen (secondary N) is 1. The fourth-order valence-electron chi connectivity index (χ4n) is 2.58. The highest BCUT2D eigenvalue weighted by Gasteiger charge is 2.33. The molecule has 1 aliphatic rings. The van der Waals surface area contributed by atoms with Gasteiger partial charge in [-0.3, -0.25) is 4.99 Å². The topological polar surface area (TPSA) is 59.6 Å². The van der Waals surface area contributed by atoms with Crippen LogP contribution in [0.4, 0.5) is 0 Å². The van der Waals surface area contributed by atoms with Gasteiger partial charge in [-0.1, -0.05) is 19.8 Å². The summed E-state index contributed by atoms with van der Waals surface area (Å²) in [5, 5.41) is 3.22. The van der Waals surface area contributed by atoms with E-state index in [1.165, 1.54) is 25.7 Å². The molecule has 0 aromatic rings. The van der Waals surface area contributed by atoms with Crippen LogP contribution in [0, 0.1) is 5.41 Å². The molecule has 1 atom stereocenters. The lowest BCUT2D eigenvalue weighted by Crippen LogP contribution is -2.39. The van der Waals surface area contributed by atoms with Gasteiger partial charge in [0.2, 0.25) is 0 Å². The number of rotatable bonds is 7. The van der Waals surface area contributed by atoms with Crippen molar-refractivity contribution >= 4 is 5.96 Å². The fraction of sp³-hybridized carbons (Fsp3) is 0.929. The van der Waals surface area contributed by atoms with E-state index >= 15 is 0 Å². The first kappa shape index (κ1) is 15.3. The van der Waals surface area contributed by atoms with E-state index in [1.807, 2.05) is 0 Å². The van der Waals surface area contributed by atoms with Crippen LogP contribution in [0.1, 0.15) is 52.4 Å². The molecule has 0 heterocycles. The molecule has 1 rings (SSSR count). The maximum atomic E-state index is 5.92. The van der Waals surface area contributed by atoms with Crippen LogP contribution < -0.4 is 11.1 Å². The highest BCUT2D eigenvalue weighted by atomic mass is 16.5. The Morgan fingerprint density at radius 2 is 2.11 bits per heavy atom. The first-order valence-corrected chi connectivity index (χ1v) is 7.17. The third kappa shape index (κ3) is 4.84. The van der Waals surface area contributed by atoms with Gasteiger partial charge in [-0.05, 0) is 38.0 Å². The van der Waals surface area contributed by atoms with Crippen LogP contribution >= 0.6 is 0 Å². The molecule has 18 heavy (non-hydrogen) atoms. The summed E-state index contributed by atoms with van der Waals surface area (Å²) in [6.07, 6.45) is 7.32. The van der Waals surface area contributed by atoms with E-state index in [1.54, 1.807) is 7.11 Å². The van der Waals surface area contributed by atoms with Crippen molar-refractivity contribution in [3.8, 4) is 0 Å². The lowest BCUT2D eigenvalue weighted by atomic mass is 9.83. The number of hydrogen-bond acceptors (Lipinski definition) is 2. The van der Waals surface area contributed by atoms with Crippen molar-refractivity contribution in [2.24, 2.45) is 16.1 Å². The maximum Gasteiger partial charge on any atom is 0.188 e. The van der Waals surface area contributed by atoms with E-state index in [2.05, 4.69) is 24.2 Å². The minimum absolute atomic E-state index is 0.331. The van der Waals surface area contributed by atoms with Crippen molar-refractivity contribution in [3.63, 3.8) is 0 Å². The molecule has 106 valence electrons. The van der Waals surface area contributed by atoms with Crippen molar-refractivity contribution in [3.05, 3.63) is 0 Å². The largest absolute Gasteiger partial charge is 0.385 e. The molecule has 0 radical (unpaired) electrons. The molecule has 0 aromatic carbocycles. The Kier molecular flexibility index (Phi) is 6.47. The summed E-state index contributed by atoms with van der Waals surface area (Å²) in [6.45, 7) is 5.93. The molecule has 0 spiro atoms. The molecule has 4 heteroatoms. The Balaban J connectivity index is 2.48. The molecule has 1 unspecified atom stereocenters. The van der Waals surface area contributed by atoms with E-state index in [9.17, 15) is 0 Å². The average Bonchev–Trinajstić information content (AvgIpc) is 2.83. The Morgan fingerprint density at radius 1 is 1.44 bits per heavy atom. The highest BCUT2D eigenvalue weighted by molar-refractivity contribution is 5.78. The molecule has 0 aromatic heterocycles. The number of nitrogens with two attached hydrogens (primary N) is 1. The number of aliphatic imine (C=N–C) groups is 1. The van der Waals surface area contributed by atoms with Gasteiger partial charge in [0.05, 0.1) is 0 Å². The zero-order chi connectivity index (χ0) is 13.4. The van der Waals surface area contributed by atoms with Crippen LogP contribution in [0.15, 0.2) is 4.99 Å². The van der Waals surface area contributed by atoms with Crippen molar-refractivity contribution in [2.75, 3.05) is 20.3 Å². The van der Waals surface area contributed by atoms with Gasteiger partial charge >= 0.3 is 0 Å². The van der Waals surface area contributed by atoms with Crippen LogP contribution in [0.2, 0.25) is 0 Å². The second kappa shape index (κ2) is 7.62. The summed E-state index contributed by atoms with van der Waals surface area (Å²) in [5.41, 5.74) is 6.25. The molecule has 0 bridgehead atoms. The zero-order valence-corrected chi connectivity index (χ0v) is 12.2. The van der Waals surface area contributed by atoms with Crippen molar-refractivity contribution < 1.29 is 4.74 Å². The van der Waals surface area contributed by atoms with Gasteiger partial charge in [0.1, 0.15) is 0 Å². The minimum Gasteiger partial charge on any atom is -0.385 e. The van der Waals surface area contributed by atoms with Gasteiger partial charge in [-0.15, -0.1) is 0 Å². The first-order valence-electron chi connectivity index (χ1n) is 7.17. The van der Waals surface area contributed by atoms with E-state index < -0.39 is 0 Å². The van der Waals surface area contributed by atoms with Crippen LogP contribution in [0.5, 0.6) is 0 Å². The predicted octanol–water partition coefficient (Wildman–Crippen LogP) is 2.29. The molecular weight excluding hydrogens is 226 g/mol. The predicted molar refractivity (Wildman–Crippen MR) is 76.8 cm³/mol. The molecule has 1 saturated carbocycles. The third-order valence-corrected chi connectivity index (χ3v) is 4.09. The number of nitrogens with zero attached hydrogens (tertiary/aromatic N) is 1. The smallest absolute Gasteiger partial charge is 0.188 e. The summed E-state index contributed by atoms with van der Waals surface area (Å²) >= 11 is 0. The van der Waals surface area contributed by atoms with Gasteiger partial charge in [0, 0.05) is 26.3 Å². The molecule has 3 N–H and O–H groups in total. The standard InChI is InChI=1S/C14H29N3O/c1-4-12(2)17-13(15)16-11-14(9-10-18-3)7-5-6-8-14/h12H,4-11H2,1-3H3,(H3,15,16,17). The second-order valence-corrected chi connectivity index (χ2v) is 5.61. The third-order valence-electron chi connectivity index (χ3n) is 4.09. The van der Waals surface area contributed by atoms with Crippen molar-refractivity contribution in [1.82, 2.24) is 5.32 Å². The molecule has 0 amide bonds. The number of methoxy groups -OCH3 is 1. The van der Waals surface area contributed by atoms with Crippen molar-refractivity contribution in [2.45, 2.75) is 58.4 Å². The van der Waals surface area contributed by atoms with Gasteiger partial charge in [0.15, 0.2) is 5.96 Å². The van der Waals surface area contributed by atoms with E-state index in [0.29, 0.717) is 17.4 Å². The molecule has 0 saturated heterocycles. The highest BCUT2D eigenvalue weighted by Crippen LogP contribution is 2.41. The van der Waals surface area contributed by atoms with Crippen LogP contribution in [-0.4, -0.2) is 32.3 Å². The first-order chi connectivity index (χ1) is 8.62. The lowest BCUT2D eigenvalue weighted by Gasteiger charge is -2.27. The van der Waals surface area contributed by atoms with E-state index in [-0.39, 0.29) is 0 Å². The Hall–Kier alpha value is -0.770. The molecule has 0 aliphatic heterocycles. The number of guanidine groups is 1. The second-order valence-electron chi connectivity index (χ2n) is 5.61. The summed E-state index contributed by atoms with van der Waals surface area (Å²) in [5.74, 6) is 0.591. The number of hydrogen-bond donors (Lipinski definition) is 2. The SMILES string of the molecule is CCC(C)NC(N)=NCC1(CCOC)CCCC1. The van der Waals surface area contributed by atoms with E-state index in [0.717, 1.165) is 26.0 Å². The van der Waals surface area contributed by atoms with Gasteiger partial charge in [-0.25, -0.2) is 0 Å². The lowest BCUT2D eigenvalue weighted by molar-refractivity contribution is 0.141. The fourth-order valence-corrected chi connectivity index (χ4v) is 2.58. The monoisotopic (exact) mass is 255 g/mol. The summed E-state index contributed by atoms with van der Waals surface area (Å²) in [7, 11) is 1.77. The Morgan fingerprint density at radius 3 is 2.67 bits per heavy atom. The van der Waals surface area contributed by atoms with Gasteiger partial charge in [-0.2, -0.15) is 0 Å². The molecule has 4 nitrogen and oxygen atoms in total. The van der Waals surface area contributed by atoms with Crippen LogP contribution in [0.3, 0.4) is 0 Å². The van der Waals surface area contributed by atoms with Gasteiger partial charge in [0.25, 0.3) is 0 Å². The Bertz CT molecular complexity index is 260.